The van der Waals surface area contributed by atoms with E-state index in [4.69, 9.17) is 10.5 Å². The van der Waals surface area contributed by atoms with E-state index in [9.17, 15) is 9.50 Å². The number of phenolic OH excluding ortho intramolecular Hbond substituents is 1. The molecule has 0 saturated carbocycles. The molecule has 0 spiro atoms. The zero-order valence-electron chi connectivity index (χ0n) is 9.15. The van der Waals surface area contributed by atoms with E-state index < -0.39 is 6.67 Å². The second kappa shape index (κ2) is 7.30. The van der Waals surface area contributed by atoms with E-state index >= 15 is 0 Å². The lowest BCUT2D eigenvalue weighted by Crippen LogP contribution is -2.11. The largest absolute Gasteiger partial charge is 0.504 e. The Morgan fingerprint density at radius 1 is 1.50 bits per heavy atom. The maximum absolute atomic E-state index is 12.1. The molecule has 0 fully saturated rings. The molecule has 16 heavy (non-hydrogen) atoms. The average molecular weight is 250 g/mol. The van der Waals surface area contributed by atoms with E-state index in [-0.39, 0.29) is 30.6 Å². The Labute approximate surface area is 101 Å². The number of hydrogen-bond donors (Lipinski definition) is 2. The molecule has 0 unspecified atom stereocenters. The molecular weight excluding hydrogens is 233 g/mol. The zero-order valence-corrected chi connectivity index (χ0v) is 9.97. The van der Waals surface area contributed by atoms with Crippen molar-refractivity contribution >= 4 is 12.4 Å². The Balaban J connectivity index is 0.00000225. The van der Waals surface area contributed by atoms with Crippen LogP contribution in [0.25, 0.3) is 0 Å². The van der Waals surface area contributed by atoms with Gasteiger partial charge >= 0.3 is 0 Å². The number of aromatic hydroxyl groups is 1. The predicted molar refractivity (Wildman–Crippen MR) is 64.0 cm³/mol. The smallest absolute Gasteiger partial charge is 0.161 e. The van der Waals surface area contributed by atoms with Gasteiger partial charge in [0.1, 0.15) is 0 Å². The molecule has 0 aliphatic heterocycles. The van der Waals surface area contributed by atoms with Crippen LogP contribution in [-0.2, 0) is 0 Å². The summed E-state index contributed by atoms with van der Waals surface area (Å²) >= 11 is 0. The normalized spacial score (nSPS) is 11.7. The number of phenols is 1. The maximum atomic E-state index is 12.1. The van der Waals surface area contributed by atoms with Gasteiger partial charge in [-0.15, -0.1) is 12.4 Å². The third-order valence-electron chi connectivity index (χ3n) is 2.13. The third kappa shape index (κ3) is 3.87. The lowest BCUT2D eigenvalue weighted by Gasteiger charge is -2.12. The van der Waals surface area contributed by atoms with Crippen molar-refractivity contribution in [2.75, 3.05) is 13.3 Å². The SMILES string of the molecule is CCOc1cc([C@H](N)CCF)ccc1O.Cl. The van der Waals surface area contributed by atoms with Crippen molar-refractivity contribution in [3.05, 3.63) is 23.8 Å². The first-order valence-electron chi connectivity index (χ1n) is 4.96. The minimum absolute atomic E-state index is 0. The van der Waals surface area contributed by atoms with Gasteiger partial charge < -0.3 is 15.6 Å². The fraction of sp³-hybridized carbons (Fsp3) is 0.455. The molecular formula is C11H17ClFNO2. The Kier molecular flexibility index (Phi) is 6.85. The first-order chi connectivity index (χ1) is 7.19. The number of nitrogens with two attached hydrogens (primary N) is 1. The molecule has 0 aliphatic rings. The van der Waals surface area contributed by atoms with E-state index in [1.54, 1.807) is 12.1 Å². The monoisotopic (exact) mass is 249 g/mol. The predicted octanol–water partition coefficient (Wildman–Crippen LogP) is 2.57. The van der Waals surface area contributed by atoms with Gasteiger partial charge in [-0.3, -0.25) is 4.39 Å². The molecule has 0 radical (unpaired) electrons. The van der Waals surface area contributed by atoms with E-state index in [0.29, 0.717) is 12.4 Å². The summed E-state index contributed by atoms with van der Waals surface area (Å²) in [4.78, 5) is 0. The number of hydrogen-bond acceptors (Lipinski definition) is 3. The topological polar surface area (TPSA) is 55.5 Å². The van der Waals surface area contributed by atoms with Gasteiger partial charge in [0.15, 0.2) is 11.5 Å². The molecule has 0 heterocycles. The maximum Gasteiger partial charge on any atom is 0.161 e. The number of rotatable bonds is 5. The molecule has 0 aliphatic carbocycles. The van der Waals surface area contributed by atoms with Gasteiger partial charge in [0.05, 0.1) is 13.3 Å². The first kappa shape index (κ1) is 15.0. The van der Waals surface area contributed by atoms with Crippen LogP contribution in [0.5, 0.6) is 11.5 Å². The fourth-order valence-electron chi connectivity index (χ4n) is 1.32. The van der Waals surface area contributed by atoms with Gasteiger partial charge in [-0.25, -0.2) is 0 Å². The van der Waals surface area contributed by atoms with Crippen LogP contribution in [0.4, 0.5) is 4.39 Å². The van der Waals surface area contributed by atoms with Crippen molar-refractivity contribution in [3.63, 3.8) is 0 Å². The summed E-state index contributed by atoms with van der Waals surface area (Å²) in [5.41, 5.74) is 6.52. The molecule has 1 atom stereocenters. The van der Waals surface area contributed by atoms with E-state index in [2.05, 4.69) is 0 Å². The van der Waals surface area contributed by atoms with Crippen molar-refractivity contribution in [3.8, 4) is 11.5 Å². The Morgan fingerprint density at radius 2 is 2.19 bits per heavy atom. The molecule has 5 heteroatoms. The Hall–Kier alpha value is -1.00. The molecule has 92 valence electrons. The summed E-state index contributed by atoms with van der Waals surface area (Å²) < 4.78 is 17.3. The van der Waals surface area contributed by atoms with Gasteiger partial charge in [0.2, 0.25) is 0 Å². The molecule has 0 saturated heterocycles. The Bertz CT molecular complexity index is 323. The van der Waals surface area contributed by atoms with Gasteiger partial charge in [0, 0.05) is 6.04 Å². The van der Waals surface area contributed by atoms with Crippen molar-refractivity contribution in [1.29, 1.82) is 0 Å². The van der Waals surface area contributed by atoms with Crippen LogP contribution in [-0.4, -0.2) is 18.4 Å². The number of ether oxygens (including phenoxy) is 1. The first-order valence-corrected chi connectivity index (χ1v) is 4.96. The van der Waals surface area contributed by atoms with Crippen molar-refractivity contribution in [2.45, 2.75) is 19.4 Å². The van der Waals surface area contributed by atoms with Crippen LogP contribution in [0.1, 0.15) is 24.9 Å². The zero-order chi connectivity index (χ0) is 11.3. The molecule has 1 rings (SSSR count). The fourth-order valence-corrected chi connectivity index (χ4v) is 1.32. The number of benzene rings is 1. The highest BCUT2D eigenvalue weighted by molar-refractivity contribution is 5.85. The number of halogens is 2. The highest BCUT2D eigenvalue weighted by Gasteiger charge is 2.09. The van der Waals surface area contributed by atoms with Crippen molar-refractivity contribution in [2.24, 2.45) is 5.73 Å². The standard InChI is InChI=1S/C11H16FNO2.ClH/c1-2-15-11-7-8(3-4-10(11)14)9(13)5-6-12;/h3-4,7,9,14H,2,5-6,13H2,1H3;1H/t9-;/m1./s1. The quantitative estimate of drug-likeness (QED) is 0.843. The van der Waals surface area contributed by atoms with Gasteiger partial charge in [-0.2, -0.15) is 0 Å². The van der Waals surface area contributed by atoms with Gasteiger partial charge in [-0.05, 0) is 31.0 Å². The number of alkyl halides is 1. The van der Waals surface area contributed by atoms with E-state index in [0.717, 1.165) is 5.56 Å². The Morgan fingerprint density at radius 3 is 2.75 bits per heavy atom. The minimum Gasteiger partial charge on any atom is -0.504 e. The van der Waals surface area contributed by atoms with Gasteiger partial charge in [0.25, 0.3) is 0 Å². The lowest BCUT2D eigenvalue weighted by atomic mass is 10.0. The van der Waals surface area contributed by atoms with Crippen molar-refractivity contribution in [1.82, 2.24) is 0 Å². The van der Waals surface area contributed by atoms with Crippen LogP contribution >= 0.6 is 12.4 Å². The second-order valence-electron chi connectivity index (χ2n) is 3.24. The third-order valence-corrected chi connectivity index (χ3v) is 2.13. The minimum atomic E-state index is -0.452. The molecule has 0 bridgehead atoms. The summed E-state index contributed by atoms with van der Waals surface area (Å²) in [6, 6.07) is 4.49. The summed E-state index contributed by atoms with van der Waals surface area (Å²) in [7, 11) is 0. The summed E-state index contributed by atoms with van der Waals surface area (Å²) in [6.45, 7) is 1.84. The molecule has 3 nitrogen and oxygen atoms in total. The summed E-state index contributed by atoms with van der Waals surface area (Å²) in [6.07, 6.45) is 0.274. The van der Waals surface area contributed by atoms with Crippen LogP contribution < -0.4 is 10.5 Å². The summed E-state index contributed by atoms with van der Waals surface area (Å²) in [5.74, 6) is 0.470. The van der Waals surface area contributed by atoms with E-state index in [1.165, 1.54) is 6.07 Å². The van der Waals surface area contributed by atoms with Crippen molar-refractivity contribution < 1.29 is 14.2 Å². The van der Waals surface area contributed by atoms with Crippen LogP contribution in [0, 0.1) is 0 Å². The summed E-state index contributed by atoms with van der Waals surface area (Å²) in [5, 5.41) is 9.44. The lowest BCUT2D eigenvalue weighted by molar-refractivity contribution is 0.317. The van der Waals surface area contributed by atoms with Gasteiger partial charge in [-0.1, -0.05) is 6.07 Å². The van der Waals surface area contributed by atoms with Crippen LogP contribution in [0.3, 0.4) is 0 Å². The molecule has 3 N–H and O–H groups in total. The second-order valence-corrected chi connectivity index (χ2v) is 3.24. The van der Waals surface area contributed by atoms with E-state index in [1.807, 2.05) is 6.92 Å². The molecule has 0 amide bonds. The molecule has 1 aromatic carbocycles. The molecule has 1 aromatic rings. The highest BCUT2D eigenvalue weighted by Crippen LogP contribution is 2.29. The highest BCUT2D eigenvalue weighted by atomic mass is 35.5. The molecule has 0 aromatic heterocycles. The van der Waals surface area contributed by atoms with Crippen LogP contribution in [0.15, 0.2) is 18.2 Å². The van der Waals surface area contributed by atoms with Crippen LogP contribution in [0.2, 0.25) is 0 Å². The average Bonchev–Trinajstić information content (AvgIpc) is 2.22.